The molecule has 2 heterocycles. The predicted molar refractivity (Wildman–Crippen MR) is 67.8 cm³/mol. The number of rotatable bonds is 1. The molecule has 3 rings (SSSR count). The molecule has 1 aromatic rings. The summed E-state index contributed by atoms with van der Waals surface area (Å²) in [6, 6.07) is 6.99. The van der Waals surface area contributed by atoms with Crippen LogP contribution >= 0.6 is 11.8 Å². The first kappa shape index (κ1) is 11.5. The fraction of sp³-hybridized carbons (Fsp3) is 0.538. The first-order valence-corrected chi connectivity index (χ1v) is 7.16. The van der Waals surface area contributed by atoms with E-state index in [2.05, 4.69) is 5.32 Å². The third-order valence-electron chi connectivity index (χ3n) is 3.59. The van der Waals surface area contributed by atoms with E-state index in [1.54, 1.807) is 0 Å². The van der Waals surface area contributed by atoms with Gasteiger partial charge in [-0.05, 0) is 29.9 Å². The SMILES string of the molecule is Fc1ccc(C2NCCOC23CCSC3)cc1. The van der Waals surface area contributed by atoms with E-state index < -0.39 is 0 Å². The van der Waals surface area contributed by atoms with Crippen molar-refractivity contribution >= 4 is 11.8 Å². The lowest BCUT2D eigenvalue weighted by atomic mass is 9.86. The Morgan fingerprint density at radius 2 is 2.18 bits per heavy atom. The molecule has 2 fully saturated rings. The van der Waals surface area contributed by atoms with Crippen LogP contribution in [0.4, 0.5) is 4.39 Å². The van der Waals surface area contributed by atoms with E-state index in [1.807, 2.05) is 23.9 Å². The van der Waals surface area contributed by atoms with Crippen molar-refractivity contribution in [2.24, 2.45) is 0 Å². The molecule has 0 bridgehead atoms. The topological polar surface area (TPSA) is 21.3 Å². The van der Waals surface area contributed by atoms with Crippen molar-refractivity contribution in [3.63, 3.8) is 0 Å². The summed E-state index contributed by atoms with van der Waals surface area (Å²) in [6.07, 6.45) is 1.08. The summed E-state index contributed by atoms with van der Waals surface area (Å²) in [4.78, 5) is 0. The van der Waals surface area contributed by atoms with Gasteiger partial charge in [0.25, 0.3) is 0 Å². The van der Waals surface area contributed by atoms with Crippen LogP contribution in [-0.4, -0.2) is 30.3 Å². The molecule has 2 aliphatic rings. The Morgan fingerprint density at radius 3 is 2.88 bits per heavy atom. The quantitative estimate of drug-likeness (QED) is 0.830. The highest BCUT2D eigenvalue weighted by atomic mass is 32.2. The van der Waals surface area contributed by atoms with Gasteiger partial charge < -0.3 is 10.1 Å². The van der Waals surface area contributed by atoms with Crippen LogP contribution < -0.4 is 5.32 Å². The van der Waals surface area contributed by atoms with Crippen LogP contribution in [0.25, 0.3) is 0 Å². The summed E-state index contributed by atoms with van der Waals surface area (Å²) in [5, 5.41) is 3.53. The third kappa shape index (κ3) is 2.09. The molecule has 4 heteroatoms. The zero-order valence-corrected chi connectivity index (χ0v) is 10.4. The molecule has 0 aromatic heterocycles. The lowest BCUT2D eigenvalue weighted by Gasteiger charge is -2.41. The molecule has 1 N–H and O–H groups in total. The Bertz CT molecular complexity index is 389. The lowest BCUT2D eigenvalue weighted by molar-refractivity contribution is -0.0796. The van der Waals surface area contributed by atoms with E-state index in [-0.39, 0.29) is 17.5 Å². The van der Waals surface area contributed by atoms with Gasteiger partial charge in [0.2, 0.25) is 0 Å². The highest BCUT2D eigenvalue weighted by molar-refractivity contribution is 7.99. The molecule has 1 aromatic carbocycles. The number of ether oxygens (including phenoxy) is 1. The highest BCUT2D eigenvalue weighted by Crippen LogP contribution is 2.42. The van der Waals surface area contributed by atoms with Gasteiger partial charge in [-0.15, -0.1) is 0 Å². The predicted octanol–water partition coefficient (Wildman–Crippen LogP) is 2.36. The molecule has 1 spiro atoms. The number of thioether (sulfide) groups is 1. The average Bonchev–Trinajstić information content (AvgIpc) is 2.80. The van der Waals surface area contributed by atoms with Crippen LogP contribution in [0.2, 0.25) is 0 Å². The second-order valence-electron chi connectivity index (χ2n) is 4.65. The maximum absolute atomic E-state index is 13.0. The molecule has 2 atom stereocenters. The van der Waals surface area contributed by atoms with Gasteiger partial charge in [-0.1, -0.05) is 12.1 Å². The Hall–Kier alpha value is -0.580. The molecule has 2 saturated heterocycles. The molecule has 0 amide bonds. The third-order valence-corrected chi connectivity index (χ3v) is 4.77. The Morgan fingerprint density at radius 1 is 1.35 bits per heavy atom. The smallest absolute Gasteiger partial charge is 0.123 e. The number of benzene rings is 1. The van der Waals surface area contributed by atoms with Crippen molar-refractivity contribution in [1.82, 2.24) is 5.32 Å². The van der Waals surface area contributed by atoms with Crippen LogP contribution in [0, 0.1) is 5.82 Å². The van der Waals surface area contributed by atoms with Crippen LogP contribution in [0.5, 0.6) is 0 Å². The van der Waals surface area contributed by atoms with E-state index in [1.165, 1.54) is 12.1 Å². The summed E-state index contributed by atoms with van der Waals surface area (Å²) in [5.41, 5.74) is 1.05. The average molecular weight is 253 g/mol. The second kappa shape index (κ2) is 4.59. The monoisotopic (exact) mass is 253 g/mol. The van der Waals surface area contributed by atoms with E-state index >= 15 is 0 Å². The highest BCUT2D eigenvalue weighted by Gasteiger charge is 2.45. The zero-order chi connectivity index (χ0) is 11.7. The molecule has 17 heavy (non-hydrogen) atoms. The molecule has 2 aliphatic heterocycles. The van der Waals surface area contributed by atoms with Crippen LogP contribution in [0.3, 0.4) is 0 Å². The first-order chi connectivity index (χ1) is 8.30. The minimum atomic E-state index is -0.180. The normalized spacial score (nSPS) is 33.1. The van der Waals surface area contributed by atoms with Gasteiger partial charge in [0.1, 0.15) is 5.82 Å². The number of hydrogen-bond donors (Lipinski definition) is 1. The van der Waals surface area contributed by atoms with Crippen molar-refractivity contribution in [3.05, 3.63) is 35.6 Å². The minimum Gasteiger partial charge on any atom is -0.371 e. The molecule has 0 saturated carbocycles. The van der Waals surface area contributed by atoms with E-state index in [0.29, 0.717) is 0 Å². The summed E-state index contributed by atoms with van der Waals surface area (Å²) in [7, 11) is 0. The maximum atomic E-state index is 13.0. The number of hydrogen-bond acceptors (Lipinski definition) is 3. The van der Waals surface area contributed by atoms with Gasteiger partial charge in [-0.3, -0.25) is 0 Å². The minimum absolute atomic E-state index is 0.0826. The van der Waals surface area contributed by atoms with Crippen molar-refractivity contribution < 1.29 is 9.13 Å². The van der Waals surface area contributed by atoms with Gasteiger partial charge in [0.15, 0.2) is 0 Å². The van der Waals surface area contributed by atoms with Gasteiger partial charge >= 0.3 is 0 Å². The van der Waals surface area contributed by atoms with Crippen LogP contribution in [0.1, 0.15) is 18.0 Å². The van der Waals surface area contributed by atoms with Gasteiger partial charge in [-0.25, -0.2) is 4.39 Å². The second-order valence-corrected chi connectivity index (χ2v) is 5.76. The molecular formula is C13H16FNOS. The van der Waals surface area contributed by atoms with Crippen LogP contribution in [0.15, 0.2) is 24.3 Å². The zero-order valence-electron chi connectivity index (χ0n) is 9.62. The number of nitrogens with one attached hydrogen (secondary N) is 1. The van der Waals surface area contributed by atoms with E-state index in [4.69, 9.17) is 4.74 Å². The molecule has 92 valence electrons. The first-order valence-electron chi connectivity index (χ1n) is 6.01. The molecule has 2 nitrogen and oxygen atoms in total. The Kier molecular flexibility index (Phi) is 3.11. The molecule has 0 radical (unpaired) electrons. The lowest BCUT2D eigenvalue weighted by Crippen LogP contribution is -2.52. The standard InChI is InChI=1S/C13H16FNOS/c14-11-3-1-10(2-4-11)12-13(5-8-17-9-13)16-7-6-15-12/h1-4,12,15H,5-9H2. The van der Waals surface area contributed by atoms with Gasteiger partial charge in [0.05, 0.1) is 18.2 Å². The summed E-state index contributed by atoms with van der Waals surface area (Å²) >= 11 is 1.94. The molecular weight excluding hydrogens is 237 g/mol. The van der Waals surface area contributed by atoms with Crippen LogP contribution in [-0.2, 0) is 4.74 Å². The fourth-order valence-electron chi connectivity index (χ4n) is 2.71. The summed E-state index contributed by atoms with van der Waals surface area (Å²) in [6.45, 7) is 1.65. The van der Waals surface area contributed by atoms with E-state index in [0.717, 1.165) is 36.6 Å². The van der Waals surface area contributed by atoms with Crippen molar-refractivity contribution in [2.45, 2.75) is 18.1 Å². The summed E-state index contributed by atoms with van der Waals surface area (Å²) in [5.74, 6) is 2.00. The van der Waals surface area contributed by atoms with Crippen molar-refractivity contribution in [2.75, 3.05) is 24.7 Å². The Balaban J connectivity index is 1.91. The Labute approximate surface area is 105 Å². The van der Waals surface area contributed by atoms with E-state index in [9.17, 15) is 4.39 Å². The van der Waals surface area contributed by atoms with Crippen molar-refractivity contribution in [1.29, 1.82) is 0 Å². The largest absolute Gasteiger partial charge is 0.371 e. The van der Waals surface area contributed by atoms with Gasteiger partial charge in [-0.2, -0.15) is 11.8 Å². The number of morpholine rings is 1. The molecule has 0 aliphatic carbocycles. The number of halogens is 1. The fourth-order valence-corrected chi connectivity index (χ4v) is 4.08. The maximum Gasteiger partial charge on any atom is 0.123 e. The summed E-state index contributed by atoms with van der Waals surface area (Å²) < 4.78 is 19.0. The molecule has 2 unspecified atom stereocenters. The van der Waals surface area contributed by atoms with Crippen molar-refractivity contribution in [3.8, 4) is 0 Å². The van der Waals surface area contributed by atoms with Gasteiger partial charge in [0, 0.05) is 12.3 Å².